The summed E-state index contributed by atoms with van der Waals surface area (Å²) in [6.07, 6.45) is 0.608. The van der Waals surface area contributed by atoms with Gasteiger partial charge in [0.05, 0.1) is 10.6 Å². The van der Waals surface area contributed by atoms with Crippen LogP contribution < -0.4 is 5.32 Å². The maximum atomic E-state index is 13.5. The second-order valence-corrected chi connectivity index (χ2v) is 7.61. The van der Waals surface area contributed by atoms with Gasteiger partial charge in [-0.15, -0.1) is 0 Å². The largest absolute Gasteiger partial charge is 0.324 e. The molecule has 0 unspecified atom stereocenters. The number of carbonyl (C=O) groups is 1. The van der Waals surface area contributed by atoms with Crippen LogP contribution in [0.4, 0.5) is 10.1 Å². The zero-order chi connectivity index (χ0) is 17.7. The molecule has 0 bridgehead atoms. The van der Waals surface area contributed by atoms with E-state index < -0.39 is 15.8 Å². The van der Waals surface area contributed by atoms with Crippen LogP contribution in [0.25, 0.3) is 0 Å². The number of hydrogen-bond acceptors (Lipinski definition) is 3. The van der Waals surface area contributed by atoms with Crippen LogP contribution in [0.3, 0.4) is 0 Å². The Kier molecular flexibility index (Phi) is 5.69. The van der Waals surface area contributed by atoms with Gasteiger partial charge in [-0.1, -0.05) is 24.3 Å². The summed E-state index contributed by atoms with van der Waals surface area (Å²) in [6, 6.07) is 12.3. The zero-order valence-corrected chi connectivity index (χ0v) is 14.3. The van der Waals surface area contributed by atoms with Crippen molar-refractivity contribution >= 4 is 21.6 Å². The highest BCUT2D eigenvalue weighted by Crippen LogP contribution is 2.16. The molecule has 1 amide bonds. The van der Waals surface area contributed by atoms with Crippen LogP contribution >= 0.6 is 0 Å². The van der Waals surface area contributed by atoms with Crippen molar-refractivity contribution in [3.63, 3.8) is 0 Å². The van der Waals surface area contributed by atoms with Gasteiger partial charge in [0, 0.05) is 20.5 Å². The van der Waals surface area contributed by atoms with Crippen molar-refractivity contribution in [2.75, 3.05) is 19.4 Å². The minimum absolute atomic E-state index is 0.148. The van der Waals surface area contributed by atoms with Gasteiger partial charge in [-0.3, -0.25) is 4.79 Å². The molecule has 5 nitrogen and oxygen atoms in total. The van der Waals surface area contributed by atoms with Crippen LogP contribution in [0.5, 0.6) is 0 Å². The van der Waals surface area contributed by atoms with Gasteiger partial charge in [-0.25, -0.2) is 17.1 Å². The van der Waals surface area contributed by atoms with E-state index in [9.17, 15) is 17.6 Å². The number of hydrogen-bond donors (Lipinski definition) is 1. The van der Waals surface area contributed by atoms with E-state index in [-0.39, 0.29) is 22.9 Å². The first-order chi connectivity index (χ1) is 11.3. The van der Waals surface area contributed by atoms with E-state index >= 15 is 0 Å². The van der Waals surface area contributed by atoms with Gasteiger partial charge in [-0.2, -0.15) is 0 Å². The standard InChI is InChI=1S/C17H19FN2O3S/c1-20(2)24(22,23)14-10-7-13(8-11-14)9-12-17(21)19-16-6-4-3-5-15(16)18/h3-8,10-11H,9,12H2,1-2H3,(H,19,21). The fourth-order valence-electron chi connectivity index (χ4n) is 2.07. The molecule has 0 aliphatic rings. The number of aryl methyl sites for hydroxylation is 1. The summed E-state index contributed by atoms with van der Waals surface area (Å²) in [6.45, 7) is 0. The van der Waals surface area contributed by atoms with E-state index in [1.54, 1.807) is 24.3 Å². The van der Waals surface area contributed by atoms with Gasteiger partial charge < -0.3 is 5.32 Å². The molecular formula is C17H19FN2O3S. The minimum atomic E-state index is -3.46. The molecule has 1 N–H and O–H groups in total. The highest BCUT2D eigenvalue weighted by atomic mass is 32.2. The van der Waals surface area contributed by atoms with E-state index in [1.165, 1.54) is 38.4 Å². The van der Waals surface area contributed by atoms with Crippen molar-refractivity contribution in [1.82, 2.24) is 4.31 Å². The van der Waals surface area contributed by atoms with Crippen LogP contribution in [0, 0.1) is 5.82 Å². The summed E-state index contributed by atoms with van der Waals surface area (Å²) in [4.78, 5) is 12.1. The first-order valence-electron chi connectivity index (χ1n) is 7.36. The predicted molar refractivity (Wildman–Crippen MR) is 90.7 cm³/mol. The lowest BCUT2D eigenvalue weighted by molar-refractivity contribution is -0.116. The molecule has 0 saturated carbocycles. The van der Waals surface area contributed by atoms with Gasteiger partial charge in [0.1, 0.15) is 5.82 Å². The van der Waals surface area contributed by atoms with Gasteiger partial charge in [0.25, 0.3) is 0 Å². The number of amides is 1. The summed E-state index contributed by atoms with van der Waals surface area (Å²) in [5.41, 5.74) is 0.978. The van der Waals surface area contributed by atoms with Gasteiger partial charge in [0.2, 0.25) is 15.9 Å². The lowest BCUT2D eigenvalue weighted by Gasteiger charge is -2.11. The highest BCUT2D eigenvalue weighted by Gasteiger charge is 2.16. The molecule has 0 aromatic heterocycles. The SMILES string of the molecule is CN(C)S(=O)(=O)c1ccc(CCC(=O)Nc2ccccc2F)cc1. The highest BCUT2D eigenvalue weighted by molar-refractivity contribution is 7.89. The molecule has 2 rings (SSSR count). The molecule has 0 heterocycles. The number of rotatable bonds is 6. The average molecular weight is 350 g/mol. The Labute approximate surface area is 141 Å². The van der Waals surface area contributed by atoms with Crippen LogP contribution in [0.1, 0.15) is 12.0 Å². The molecule has 0 atom stereocenters. The summed E-state index contributed by atoms with van der Waals surface area (Å²) in [7, 11) is -0.521. The Hall–Kier alpha value is -2.25. The third-order valence-corrected chi connectivity index (χ3v) is 5.32. The number of nitrogens with zero attached hydrogens (tertiary/aromatic N) is 1. The number of benzene rings is 2. The molecule has 2 aromatic carbocycles. The first kappa shape index (κ1) is 18.1. The summed E-state index contributed by atoms with van der Waals surface area (Å²) >= 11 is 0. The van der Waals surface area contributed by atoms with Gasteiger partial charge >= 0.3 is 0 Å². The average Bonchev–Trinajstić information content (AvgIpc) is 2.55. The van der Waals surface area contributed by atoms with Gasteiger partial charge in [0.15, 0.2) is 0 Å². The minimum Gasteiger partial charge on any atom is -0.324 e. The number of anilines is 1. The summed E-state index contributed by atoms with van der Waals surface area (Å²) in [5, 5.41) is 2.51. The second-order valence-electron chi connectivity index (χ2n) is 5.46. The quantitative estimate of drug-likeness (QED) is 0.871. The van der Waals surface area contributed by atoms with Crippen LogP contribution in [-0.2, 0) is 21.2 Å². The Morgan fingerprint density at radius 1 is 1.08 bits per heavy atom. The first-order valence-corrected chi connectivity index (χ1v) is 8.80. The molecule has 24 heavy (non-hydrogen) atoms. The van der Waals surface area contributed by atoms with Crippen molar-refractivity contribution in [3.05, 3.63) is 59.9 Å². The molecule has 0 spiro atoms. The molecule has 0 aliphatic heterocycles. The lowest BCUT2D eigenvalue weighted by Crippen LogP contribution is -2.22. The number of nitrogens with one attached hydrogen (secondary N) is 1. The molecule has 0 fully saturated rings. The summed E-state index contributed by atoms with van der Waals surface area (Å²) in [5.74, 6) is -0.783. The van der Waals surface area contributed by atoms with Crippen molar-refractivity contribution < 1.29 is 17.6 Å². The Morgan fingerprint density at radius 2 is 1.71 bits per heavy atom. The Bertz CT molecular complexity index is 818. The van der Waals surface area contributed by atoms with Gasteiger partial charge in [-0.05, 0) is 36.2 Å². The third kappa shape index (κ3) is 4.39. The topological polar surface area (TPSA) is 66.5 Å². The Morgan fingerprint density at radius 3 is 2.29 bits per heavy atom. The number of carbonyl (C=O) groups excluding carboxylic acids is 1. The third-order valence-electron chi connectivity index (χ3n) is 3.49. The zero-order valence-electron chi connectivity index (χ0n) is 13.5. The molecular weight excluding hydrogens is 331 g/mol. The lowest BCUT2D eigenvalue weighted by atomic mass is 10.1. The van der Waals surface area contributed by atoms with E-state index in [2.05, 4.69) is 5.32 Å². The second kappa shape index (κ2) is 7.55. The van der Waals surface area contributed by atoms with Crippen LogP contribution in [0.15, 0.2) is 53.4 Å². The molecule has 2 aromatic rings. The smallest absolute Gasteiger partial charge is 0.242 e. The van der Waals surface area contributed by atoms with E-state index in [0.29, 0.717) is 6.42 Å². The maximum absolute atomic E-state index is 13.5. The monoisotopic (exact) mass is 350 g/mol. The van der Waals surface area contributed by atoms with Crippen molar-refractivity contribution in [3.8, 4) is 0 Å². The fourth-order valence-corrected chi connectivity index (χ4v) is 2.97. The van der Waals surface area contributed by atoms with Crippen molar-refractivity contribution in [2.45, 2.75) is 17.7 Å². The number of sulfonamides is 1. The molecule has 128 valence electrons. The fraction of sp³-hybridized carbons (Fsp3) is 0.235. The summed E-state index contributed by atoms with van der Waals surface area (Å²) < 4.78 is 38.5. The number of para-hydroxylation sites is 1. The Balaban J connectivity index is 1.95. The molecule has 7 heteroatoms. The van der Waals surface area contributed by atoms with Crippen molar-refractivity contribution in [2.24, 2.45) is 0 Å². The maximum Gasteiger partial charge on any atom is 0.242 e. The van der Waals surface area contributed by atoms with Crippen LogP contribution in [-0.4, -0.2) is 32.7 Å². The molecule has 0 aliphatic carbocycles. The van der Waals surface area contributed by atoms with Crippen molar-refractivity contribution in [1.29, 1.82) is 0 Å². The van der Waals surface area contributed by atoms with Crippen LogP contribution in [0.2, 0.25) is 0 Å². The predicted octanol–water partition coefficient (Wildman–Crippen LogP) is 2.65. The molecule has 0 radical (unpaired) electrons. The van der Waals surface area contributed by atoms with E-state index in [4.69, 9.17) is 0 Å². The van der Waals surface area contributed by atoms with E-state index in [1.807, 2.05) is 0 Å². The van der Waals surface area contributed by atoms with E-state index in [0.717, 1.165) is 9.87 Å². The number of halogens is 1. The normalized spacial score (nSPS) is 11.5. The molecule has 0 saturated heterocycles.